The summed E-state index contributed by atoms with van der Waals surface area (Å²) >= 11 is 0. The molecule has 0 aliphatic heterocycles. The molecule has 0 amide bonds. The van der Waals surface area contributed by atoms with Crippen molar-refractivity contribution >= 4 is 5.82 Å². The molecule has 3 nitrogen and oxygen atoms in total. The maximum Gasteiger partial charge on any atom is 0.129 e. The Morgan fingerprint density at radius 1 is 1.53 bits per heavy atom. The van der Waals surface area contributed by atoms with Gasteiger partial charge in [0.1, 0.15) is 5.82 Å². The van der Waals surface area contributed by atoms with Gasteiger partial charge in [-0.1, -0.05) is 19.9 Å². The molecule has 1 aliphatic rings. The lowest BCUT2D eigenvalue weighted by molar-refractivity contribution is 0.552. The van der Waals surface area contributed by atoms with Crippen LogP contribution in [-0.4, -0.2) is 24.1 Å². The molecule has 1 aliphatic carbocycles. The van der Waals surface area contributed by atoms with E-state index in [4.69, 9.17) is 0 Å². The van der Waals surface area contributed by atoms with Gasteiger partial charge < -0.3 is 10.2 Å². The molecule has 1 saturated carbocycles. The summed E-state index contributed by atoms with van der Waals surface area (Å²) < 4.78 is 0. The van der Waals surface area contributed by atoms with Crippen molar-refractivity contribution in [2.75, 3.05) is 18.0 Å². The van der Waals surface area contributed by atoms with Gasteiger partial charge in [-0.3, -0.25) is 0 Å². The number of nitrogens with one attached hydrogen (secondary N) is 1. The molecule has 2 rings (SSSR count). The van der Waals surface area contributed by atoms with Crippen LogP contribution in [0.5, 0.6) is 0 Å². The third kappa shape index (κ3) is 4.35. The predicted molar refractivity (Wildman–Crippen MR) is 81.3 cm³/mol. The summed E-state index contributed by atoms with van der Waals surface area (Å²) in [5.41, 5.74) is 1.31. The monoisotopic (exact) mass is 259 g/mol. The Labute approximate surface area is 116 Å². The van der Waals surface area contributed by atoms with Crippen LogP contribution in [0.2, 0.25) is 0 Å². The van der Waals surface area contributed by atoms with Crippen LogP contribution >= 0.6 is 0 Å². The molecule has 1 N–H and O–H groups in total. The summed E-state index contributed by atoms with van der Waals surface area (Å²) in [6, 6.07) is 4.97. The highest BCUT2D eigenvalue weighted by molar-refractivity contribution is 5.44. The Morgan fingerprint density at radius 3 is 2.95 bits per heavy atom. The van der Waals surface area contributed by atoms with E-state index in [1.54, 1.807) is 0 Å². The maximum atomic E-state index is 4.51. The Hall–Kier alpha value is -1.35. The molecule has 3 heteroatoms. The average Bonchev–Trinajstić information content (AvgIpc) is 3.20. The fourth-order valence-corrected chi connectivity index (χ4v) is 2.19. The molecule has 1 fully saturated rings. The predicted octanol–water partition coefficient (Wildman–Crippen LogP) is 2.98. The standard InChI is InChI=1S/C16H25N3/c1-4-9-19(15-5-6-15)16-10-14(7-8-18-16)12-17-11-13(2)3/h4,7-8,10,13,15,17H,1,5-6,9,11-12H2,2-3H3. The summed E-state index contributed by atoms with van der Waals surface area (Å²) in [5.74, 6) is 1.77. The van der Waals surface area contributed by atoms with Crippen molar-refractivity contribution in [2.45, 2.75) is 39.3 Å². The Balaban J connectivity index is 1.98. The normalized spacial score (nSPS) is 14.7. The van der Waals surface area contributed by atoms with Gasteiger partial charge in [0, 0.05) is 25.3 Å². The largest absolute Gasteiger partial charge is 0.350 e. The minimum absolute atomic E-state index is 0.671. The lowest BCUT2D eigenvalue weighted by atomic mass is 10.2. The van der Waals surface area contributed by atoms with Gasteiger partial charge in [-0.25, -0.2) is 4.98 Å². The van der Waals surface area contributed by atoms with Gasteiger partial charge >= 0.3 is 0 Å². The molecule has 1 aromatic rings. The molecule has 1 heterocycles. The highest BCUT2D eigenvalue weighted by Gasteiger charge is 2.29. The van der Waals surface area contributed by atoms with E-state index in [1.165, 1.54) is 18.4 Å². The van der Waals surface area contributed by atoms with Crippen molar-refractivity contribution in [3.63, 3.8) is 0 Å². The third-order valence-electron chi connectivity index (χ3n) is 3.30. The van der Waals surface area contributed by atoms with Gasteiger partial charge in [-0.2, -0.15) is 0 Å². The van der Waals surface area contributed by atoms with Crippen molar-refractivity contribution in [1.82, 2.24) is 10.3 Å². The second kappa shape index (κ2) is 6.71. The van der Waals surface area contributed by atoms with Gasteiger partial charge in [-0.05, 0) is 43.0 Å². The molecule has 0 saturated heterocycles. The van der Waals surface area contributed by atoms with Gasteiger partial charge in [0.05, 0.1) is 0 Å². The number of anilines is 1. The molecule has 19 heavy (non-hydrogen) atoms. The molecule has 0 spiro atoms. The number of hydrogen-bond acceptors (Lipinski definition) is 3. The summed E-state index contributed by atoms with van der Waals surface area (Å²) in [7, 11) is 0. The van der Waals surface area contributed by atoms with Crippen LogP contribution in [0, 0.1) is 5.92 Å². The van der Waals surface area contributed by atoms with Gasteiger partial charge in [-0.15, -0.1) is 6.58 Å². The fourth-order valence-electron chi connectivity index (χ4n) is 2.19. The number of hydrogen-bond donors (Lipinski definition) is 1. The SMILES string of the molecule is C=CCN(c1cc(CNCC(C)C)ccn1)C1CC1. The second-order valence-electron chi connectivity index (χ2n) is 5.72. The zero-order valence-electron chi connectivity index (χ0n) is 12.1. The quantitative estimate of drug-likeness (QED) is 0.727. The van der Waals surface area contributed by atoms with Gasteiger partial charge in [0.15, 0.2) is 0 Å². The van der Waals surface area contributed by atoms with E-state index in [0.717, 1.165) is 25.5 Å². The molecule has 0 radical (unpaired) electrons. The van der Waals surface area contributed by atoms with E-state index in [2.05, 4.69) is 47.8 Å². The highest BCUT2D eigenvalue weighted by Crippen LogP contribution is 2.30. The van der Waals surface area contributed by atoms with Crippen LogP contribution < -0.4 is 10.2 Å². The molecule has 0 aromatic carbocycles. The molecule has 1 aromatic heterocycles. The van der Waals surface area contributed by atoms with E-state index in [1.807, 2.05) is 12.3 Å². The van der Waals surface area contributed by atoms with Crippen LogP contribution in [-0.2, 0) is 6.54 Å². The third-order valence-corrected chi connectivity index (χ3v) is 3.30. The summed E-state index contributed by atoms with van der Waals surface area (Å²) in [6.07, 6.45) is 6.45. The summed E-state index contributed by atoms with van der Waals surface area (Å²) in [5, 5.41) is 3.48. The first-order valence-corrected chi connectivity index (χ1v) is 7.24. The molecule has 0 unspecified atom stereocenters. The van der Waals surface area contributed by atoms with E-state index in [-0.39, 0.29) is 0 Å². The van der Waals surface area contributed by atoms with Crippen molar-refractivity contribution in [3.05, 3.63) is 36.5 Å². The first kappa shape index (κ1) is 14.1. The minimum atomic E-state index is 0.671. The Kier molecular flexibility index (Phi) is 4.97. The van der Waals surface area contributed by atoms with Crippen LogP contribution in [0.1, 0.15) is 32.3 Å². The number of rotatable bonds is 8. The lowest BCUT2D eigenvalue weighted by Crippen LogP contribution is -2.27. The smallest absolute Gasteiger partial charge is 0.129 e. The number of aromatic nitrogens is 1. The zero-order chi connectivity index (χ0) is 13.7. The zero-order valence-corrected chi connectivity index (χ0v) is 12.1. The van der Waals surface area contributed by atoms with E-state index in [0.29, 0.717) is 12.0 Å². The maximum absolute atomic E-state index is 4.51. The van der Waals surface area contributed by atoms with Crippen LogP contribution in [0.15, 0.2) is 31.0 Å². The molecule has 0 bridgehead atoms. The Bertz CT molecular complexity index is 410. The van der Waals surface area contributed by atoms with E-state index < -0.39 is 0 Å². The van der Waals surface area contributed by atoms with Crippen molar-refractivity contribution < 1.29 is 0 Å². The highest BCUT2D eigenvalue weighted by atomic mass is 15.2. The van der Waals surface area contributed by atoms with Gasteiger partial charge in [0.25, 0.3) is 0 Å². The van der Waals surface area contributed by atoms with Crippen LogP contribution in [0.4, 0.5) is 5.82 Å². The topological polar surface area (TPSA) is 28.2 Å². The molecular weight excluding hydrogens is 234 g/mol. The van der Waals surface area contributed by atoms with Crippen LogP contribution in [0.3, 0.4) is 0 Å². The lowest BCUT2D eigenvalue weighted by Gasteiger charge is -2.22. The molecule has 0 atom stereocenters. The fraction of sp³-hybridized carbons (Fsp3) is 0.562. The molecule has 104 valence electrons. The first-order chi connectivity index (χ1) is 9.20. The van der Waals surface area contributed by atoms with Crippen molar-refractivity contribution in [3.8, 4) is 0 Å². The first-order valence-electron chi connectivity index (χ1n) is 7.24. The second-order valence-corrected chi connectivity index (χ2v) is 5.72. The van der Waals surface area contributed by atoms with Crippen LogP contribution in [0.25, 0.3) is 0 Å². The average molecular weight is 259 g/mol. The number of pyridine rings is 1. The summed E-state index contributed by atoms with van der Waals surface area (Å²) in [4.78, 5) is 6.87. The minimum Gasteiger partial charge on any atom is -0.350 e. The van der Waals surface area contributed by atoms with Crippen molar-refractivity contribution in [1.29, 1.82) is 0 Å². The van der Waals surface area contributed by atoms with E-state index >= 15 is 0 Å². The summed E-state index contributed by atoms with van der Waals surface area (Å²) in [6.45, 7) is 11.2. The van der Waals surface area contributed by atoms with E-state index in [9.17, 15) is 0 Å². The number of nitrogens with zero attached hydrogens (tertiary/aromatic N) is 2. The van der Waals surface area contributed by atoms with Gasteiger partial charge in [0.2, 0.25) is 0 Å². The Morgan fingerprint density at radius 2 is 2.32 bits per heavy atom. The molecular formula is C16H25N3. The van der Waals surface area contributed by atoms with Crippen molar-refractivity contribution in [2.24, 2.45) is 5.92 Å².